The first-order chi connectivity index (χ1) is 8.67. The van der Waals surface area contributed by atoms with Crippen LogP contribution >= 0.6 is 0 Å². The van der Waals surface area contributed by atoms with Crippen molar-refractivity contribution in [3.05, 3.63) is 35.6 Å². The fourth-order valence-electron chi connectivity index (χ4n) is 2.35. The molecule has 0 radical (unpaired) electrons. The number of furan rings is 1. The van der Waals surface area contributed by atoms with Crippen LogP contribution in [0.3, 0.4) is 0 Å². The summed E-state index contributed by atoms with van der Waals surface area (Å²) in [6.07, 6.45) is 1.09. The first kappa shape index (κ1) is 13.1. The van der Waals surface area contributed by atoms with Gasteiger partial charge in [-0.25, -0.2) is 0 Å². The van der Waals surface area contributed by atoms with Gasteiger partial charge in [0.25, 0.3) is 0 Å². The maximum Gasteiger partial charge on any atom is 0.134 e. The second-order valence-corrected chi connectivity index (χ2v) is 4.83. The van der Waals surface area contributed by atoms with Gasteiger partial charge in [-0.3, -0.25) is 0 Å². The van der Waals surface area contributed by atoms with Crippen LogP contribution in [0.2, 0.25) is 0 Å². The van der Waals surface area contributed by atoms with E-state index in [2.05, 4.69) is 25.2 Å². The highest BCUT2D eigenvalue weighted by Crippen LogP contribution is 2.30. The third kappa shape index (κ3) is 2.42. The Bertz CT molecular complexity index is 518. The summed E-state index contributed by atoms with van der Waals surface area (Å²) in [6.45, 7) is 6.94. The van der Waals surface area contributed by atoms with Crippen LogP contribution in [-0.2, 0) is 0 Å². The molecule has 0 aliphatic rings. The number of benzene rings is 1. The largest absolute Gasteiger partial charge is 0.461 e. The third-order valence-corrected chi connectivity index (χ3v) is 3.50. The van der Waals surface area contributed by atoms with Crippen LogP contribution in [-0.4, -0.2) is 12.6 Å². The highest BCUT2D eigenvalue weighted by Gasteiger charge is 2.20. The molecule has 1 heterocycles. The maximum atomic E-state index is 5.92. The molecule has 0 saturated carbocycles. The molecule has 2 unspecified atom stereocenters. The fourth-order valence-corrected chi connectivity index (χ4v) is 2.35. The summed E-state index contributed by atoms with van der Waals surface area (Å²) >= 11 is 0. The second-order valence-electron chi connectivity index (χ2n) is 4.83. The molecule has 0 aliphatic heterocycles. The lowest BCUT2D eigenvalue weighted by atomic mass is 10.0. The Labute approximate surface area is 108 Å². The van der Waals surface area contributed by atoms with Crippen molar-refractivity contribution in [2.45, 2.75) is 39.3 Å². The number of hydrogen-bond donors (Lipinski definition) is 2. The zero-order chi connectivity index (χ0) is 13.1. The van der Waals surface area contributed by atoms with Gasteiger partial charge in [-0.1, -0.05) is 25.1 Å². The van der Waals surface area contributed by atoms with E-state index in [1.165, 1.54) is 10.9 Å². The molecule has 1 aromatic heterocycles. The van der Waals surface area contributed by atoms with Gasteiger partial charge in [-0.15, -0.1) is 0 Å². The molecule has 0 saturated heterocycles. The summed E-state index contributed by atoms with van der Waals surface area (Å²) in [4.78, 5) is 0. The van der Waals surface area contributed by atoms with Crippen LogP contribution in [0.4, 0.5) is 0 Å². The van der Waals surface area contributed by atoms with E-state index >= 15 is 0 Å². The number of rotatable bonds is 5. The first-order valence-corrected chi connectivity index (χ1v) is 6.61. The smallest absolute Gasteiger partial charge is 0.134 e. The minimum atomic E-state index is 0.156. The molecule has 18 heavy (non-hydrogen) atoms. The molecule has 0 spiro atoms. The summed E-state index contributed by atoms with van der Waals surface area (Å²) < 4.78 is 5.80. The zero-order valence-electron chi connectivity index (χ0n) is 11.4. The summed E-state index contributed by atoms with van der Waals surface area (Å²) in [5, 5.41) is 4.73. The van der Waals surface area contributed by atoms with E-state index in [-0.39, 0.29) is 6.04 Å². The van der Waals surface area contributed by atoms with E-state index in [9.17, 15) is 0 Å². The molecule has 2 atom stereocenters. The van der Waals surface area contributed by atoms with Crippen molar-refractivity contribution in [3.63, 3.8) is 0 Å². The highest BCUT2D eigenvalue weighted by atomic mass is 16.3. The van der Waals surface area contributed by atoms with Gasteiger partial charge >= 0.3 is 0 Å². The van der Waals surface area contributed by atoms with Gasteiger partial charge in [0, 0.05) is 29.6 Å². The van der Waals surface area contributed by atoms with Crippen LogP contribution in [0.1, 0.15) is 37.6 Å². The lowest BCUT2D eigenvalue weighted by Gasteiger charge is -2.21. The Balaban J connectivity index is 2.41. The van der Waals surface area contributed by atoms with Crippen molar-refractivity contribution in [3.8, 4) is 0 Å². The SMILES string of the molecule is CCC(C)NC(CN)c1c(C)oc2ccccc12. The predicted molar refractivity (Wildman–Crippen MR) is 75.6 cm³/mol. The Kier molecular flexibility index (Phi) is 4.04. The van der Waals surface area contributed by atoms with Crippen molar-refractivity contribution in [1.29, 1.82) is 0 Å². The van der Waals surface area contributed by atoms with Crippen molar-refractivity contribution in [2.75, 3.05) is 6.54 Å². The van der Waals surface area contributed by atoms with Gasteiger partial charge in [0.15, 0.2) is 0 Å². The fraction of sp³-hybridized carbons (Fsp3) is 0.467. The van der Waals surface area contributed by atoms with Crippen LogP contribution in [0.15, 0.2) is 28.7 Å². The molecule has 1 aromatic carbocycles. The van der Waals surface area contributed by atoms with Gasteiger partial charge in [0.05, 0.1) is 0 Å². The first-order valence-electron chi connectivity index (χ1n) is 6.61. The van der Waals surface area contributed by atoms with Crippen molar-refractivity contribution in [2.24, 2.45) is 5.73 Å². The topological polar surface area (TPSA) is 51.2 Å². The summed E-state index contributed by atoms with van der Waals surface area (Å²) in [5.74, 6) is 0.961. The Morgan fingerprint density at radius 1 is 1.33 bits per heavy atom. The minimum Gasteiger partial charge on any atom is -0.461 e. The number of nitrogens with one attached hydrogen (secondary N) is 1. The van der Waals surface area contributed by atoms with E-state index in [0.717, 1.165) is 17.8 Å². The molecule has 98 valence electrons. The lowest BCUT2D eigenvalue weighted by molar-refractivity contribution is 0.445. The number of aryl methyl sites for hydroxylation is 1. The van der Waals surface area contributed by atoms with Crippen molar-refractivity contribution >= 4 is 11.0 Å². The monoisotopic (exact) mass is 246 g/mol. The zero-order valence-corrected chi connectivity index (χ0v) is 11.4. The Hall–Kier alpha value is -1.32. The van der Waals surface area contributed by atoms with Gasteiger partial charge in [0.2, 0.25) is 0 Å². The van der Waals surface area contributed by atoms with E-state index in [0.29, 0.717) is 12.6 Å². The molecule has 0 fully saturated rings. The second kappa shape index (κ2) is 5.55. The van der Waals surface area contributed by atoms with Gasteiger partial charge in [-0.2, -0.15) is 0 Å². The molecule has 3 heteroatoms. The van der Waals surface area contributed by atoms with Gasteiger partial charge in [-0.05, 0) is 26.3 Å². The van der Waals surface area contributed by atoms with E-state index < -0.39 is 0 Å². The normalized spacial score (nSPS) is 14.9. The average Bonchev–Trinajstić information content (AvgIpc) is 2.71. The van der Waals surface area contributed by atoms with Crippen LogP contribution in [0.25, 0.3) is 11.0 Å². The summed E-state index contributed by atoms with van der Waals surface area (Å²) in [7, 11) is 0. The molecular weight excluding hydrogens is 224 g/mol. The maximum absolute atomic E-state index is 5.92. The van der Waals surface area contributed by atoms with E-state index in [4.69, 9.17) is 10.2 Å². The van der Waals surface area contributed by atoms with Crippen molar-refractivity contribution < 1.29 is 4.42 Å². The molecule has 0 amide bonds. The number of nitrogens with two attached hydrogens (primary N) is 1. The molecular formula is C15H22N2O. The van der Waals surface area contributed by atoms with Crippen LogP contribution in [0, 0.1) is 6.92 Å². The standard InChI is InChI=1S/C15H22N2O/c1-4-10(2)17-13(9-16)15-11(3)18-14-8-6-5-7-12(14)15/h5-8,10,13,17H,4,9,16H2,1-3H3. The molecule has 2 aromatic rings. The van der Waals surface area contributed by atoms with Crippen LogP contribution < -0.4 is 11.1 Å². The Morgan fingerprint density at radius 3 is 2.72 bits per heavy atom. The quantitative estimate of drug-likeness (QED) is 0.852. The van der Waals surface area contributed by atoms with Gasteiger partial charge in [0.1, 0.15) is 11.3 Å². The molecule has 0 aliphatic carbocycles. The van der Waals surface area contributed by atoms with E-state index in [1.807, 2.05) is 25.1 Å². The predicted octanol–water partition coefficient (Wildman–Crippen LogP) is 3.13. The molecule has 0 bridgehead atoms. The molecule has 2 rings (SSSR count). The minimum absolute atomic E-state index is 0.156. The highest BCUT2D eigenvalue weighted by molar-refractivity contribution is 5.82. The lowest BCUT2D eigenvalue weighted by Crippen LogP contribution is -2.34. The average molecular weight is 246 g/mol. The molecule has 3 N–H and O–H groups in total. The Morgan fingerprint density at radius 2 is 2.06 bits per heavy atom. The van der Waals surface area contributed by atoms with Gasteiger partial charge < -0.3 is 15.5 Å². The number of para-hydroxylation sites is 1. The van der Waals surface area contributed by atoms with E-state index in [1.54, 1.807) is 0 Å². The molecule has 3 nitrogen and oxygen atoms in total. The summed E-state index contributed by atoms with van der Waals surface area (Å²) in [6, 6.07) is 8.74. The van der Waals surface area contributed by atoms with Crippen LogP contribution in [0.5, 0.6) is 0 Å². The number of fused-ring (bicyclic) bond motifs is 1. The third-order valence-electron chi connectivity index (χ3n) is 3.50. The number of hydrogen-bond acceptors (Lipinski definition) is 3. The van der Waals surface area contributed by atoms with Crippen molar-refractivity contribution in [1.82, 2.24) is 5.32 Å². The summed E-state index contributed by atoms with van der Waals surface area (Å²) in [5.41, 5.74) is 8.06.